The van der Waals surface area contributed by atoms with Crippen LogP contribution in [0.2, 0.25) is 0 Å². The van der Waals surface area contributed by atoms with Crippen molar-refractivity contribution in [3.05, 3.63) is 24.4 Å². The van der Waals surface area contributed by atoms with E-state index in [-0.39, 0.29) is 0 Å². The highest BCUT2D eigenvalue weighted by Crippen LogP contribution is 1.90. The van der Waals surface area contributed by atoms with E-state index < -0.39 is 0 Å². The Morgan fingerprint density at radius 3 is 2.33 bits per heavy atom. The molecule has 0 radical (unpaired) electrons. The first kappa shape index (κ1) is 8.15. The summed E-state index contributed by atoms with van der Waals surface area (Å²) in [4.78, 5) is 0. The van der Waals surface area contributed by atoms with Gasteiger partial charge in [-0.3, -0.25) is 0 Å². The van der Waals surface area contributed by atoms with Gasteiger partial charge in [-0.25, -0.2) is 4.58 Å². The fraction of sp³-hybridized carbons (Fsp3) is 0.375. The average molecular weight is 124 g/mol. The predicted molar refractivity (Wildman–Crippen MR) is 41.9 cm³/mol. The van der Waals surface area contributed by atoms with Crippen molar-refractivity contribution in [3.8, 4) is 0 Å². The Hall–Kier alpha value is -0.850. The van der Waals surface area contributed by atoms with Crippen molar-refractivity contribution in [1.82, 2.24) is 0 Å². The zero-order chi connectivity index (χ0) is 7.28. The molecule has 0 aliphatic carbocycles. The normalized spacial score (nSPS) is 12.6. The lowest BCUT2D eigenvalue weighted by Crippen LogP contribution is -2.01. The van der Waals surface area contributed by atoms with Crippen LogP contribution in [0.5, 0.6) is 0 Å². The number of hydrogen-bond donors (Lipinski definition) is 0. The molecule has 0 heterocycles. The second-order valence-corrected chi connectivity index (χ2v) is 1.86. The Morgan fingerprint density at radius 2 is 2.00 bits per heavy atom. The Balaban J connectivity index is 4.05. The van der Waals surface area contributed by atoms with Gasteiger partial charge in [0.15, 0.2) is 5.70 Å². The number of allylic oxidation sites excluding steroid dienone is 2. The fourth-order valence-corrected chi connectivity index (χ4v) is 0.476. The summed E-state index contributed by atoms with van der Waals surface area (Å²) >= 11 is 0. The van der Waals surface area contributed by atoms with E-state index in [4.69, 9.17) is 0 Å². The summed E-state index contributed by atoms with van der Waals surface area (Å²) in [5.74, 6) is 0. The van der Waals surface area contributed by atoms with Crippen LogP contribution in [0.3, 0.4) is 0 Å². The third kappa shape index (κ3) is 2.85. The first-order valence-electron chi connectivity index (χ1n) is 3.06. The number of likely N-dealkylation sites (N-methyl/N-ethyl adjacent to an activating group) is 1. The molecule has 0 amide bonds. The molecule has 0 saturated carbocycles. The Kier molecular flexibility index (Phi) is 3.69. The van der Waals surface area contributed by atoms with Crippen molar-refractivity contribution in [3.63, 3.8) is 0 Å². The van der Waals surface area contributed by atoms with Gasteiger partial charge in [0.05, 0.1) is 0 Å². The van der Waals surface area contributed by atoms with Crippen LogP contribution in [-0.4, -0.2) is 17.8 Å². The fourth-order valence-electron chi connectivity index (χ4n) is 0.476. The minimum atomic E-state index is 1.01. The van der Waals surface area contributed by atoms with Gasteiger partial charge in [0, 0.05) is 13.0 Å². The molecule has 0 aromatic rings. The highest BCUT2D eigenvalue weighted by atomic mass is 15.0. The summed E-state index contributed by atoms with van der Waals surface area (Å²) in [6, 6.07) is 0. The van der Waals surface area contributed by atoms with Gasteiger partial charge in [-0.1, -0.05) is 6.08 Å². The van der Waals surface area contributed by atoms with Gasteiger partial charge < -0.3 is 0 Å². The predicted octanol–water partition coefficient (Wildman–Crippen LogP) is 1.81. The Labute approximate surface area is 57.0 Å². The maximum Gasteiger partial charge on any atom is 0.197 e. The second kappa shape index (κ2) is 4.07. The first-order chi connectivity index (χ1) is 4.22. The molecule has 0 fully saturated rings. The molecule has 0 spiro atoms. The Morgan fingerprint density at radius 1 is 1.44 bits per heavy atom. The minimum Gasteiger partial charge on any atom is -0.206 e. The third-order valence-electron chi connectivity index (χ3n) is 1.20. The van der Waals surface area contributed by atoms with Crippen LogP contribution in [-0.2, 0) is 0 Å². The second-order valence-electron chi connectivity index (χ2n) is 1.86. The first-order valence-corrected chi connectivity index (χ1v) is 3.06. The smallest absolute Gasteiger partial charge is 0.197 e. The number of nitrogens with zero attached hydrogens (tertiary/aromatic N) is 1. The van der Waals surface area contributed by atoms with E-state index in [1.165, 1.54) is 0 Å². The number of rotatable bonds is 2. The van der Waals surface area contributed by atoms with E-state index in [9.17, 15) is 0 Å². The molecular formula is C8H14N+. The molecule has 0 saturated heterocycles. The molecule has 0 aromatic carbocycles. The zero-order valence-corrected chi connectivity index (χ0v) is 6.39. The summed E-state index contributed by atoms with van der Waals surface area (Å²) in [6.45, 7) is 7.78. The van der Waals surface area contributed by atoms with Crippen LogP contribution in [0.25, 0.3) is 0 Å². The molecular weight excluding hydrogens is 110 g/mol. The summed E-state index contributed by atoms with van der Waals surface area (Å²) < 4.78 is 1.97. The lowest BCUT2D eigenvalue weighted by molar-refractivity contribution is -0.432. The maximum atomic E-state index is 3.82. The van der Waals surface area contributed by atoms with Crippen molar-refractivity contribution in [2.45, 2.75) is 13.8 Å². The monoisotopic (exact) mass is 124 g/mol. The lowest BCUT2D eigenvalue weighted by Gasteiger charge is -1.89. The van der Waals surface area contributed by atoms with E-state index >= 15 is 0 Å². The van der Waals surface area contributed by atoms with Crippen molar-refractivity contribution in [1.29, 1.82) is 0 Å². The van der Waals surface area contributed by atoms with Crippen LogP contribution in [0.1, 0.15) is 13.8 Å². The van der Waals surface area contributed by atoms with Gasteiger partial charge in [-0.2, -0.15) is 0 Å². The van der Waals surface area contributed by atoms with Gasteiger partial charge in [0.1, 0.15) is 13.3 Å². The molecule has 0 aromatic heterocycles. The molecule has 1 nitrogen and oxygen atoms in total. The van der Waals surface area contributed by atoms with Gasteiger partial charge >= 0.3 is 0 Å². The summed E-state index contributed by atoms with van der Waals surface area (Å²) in [6.07, 6.45) is 5.92. The van der Waals surface area contributed by atoms with E-state index in [1.807, 2.05) is 43.8 Å². The molecule has 0 rings (SSSR count). The van der Waals surface area contributed by atoms with E-state index in [0.29, 0.717) is 0 Å². The topological polar surface area (TPSA) is 3.01 Å². The van der Waals surface area contributed by atoms with Gasteiger partial charge in [-0.05, 0) is 13.5 Å². The lowest BCUT2D eigenvalue weighted by atomic mass is 10.4. The third-order valence-corrected chi connectivity index (χ3v) is 1.20. The quantitative estimate of drug-likeness (QED) is 0.300. The molecule has 0 N–H and O–H groups in total. The van der Waals surface area contributed by atoms with E-state index in [0.717, 1.165) is 5.70 Å². The molecule has 0 aliphatic rings. The van der Waals surface area contributed by atoms with Crippen LogP contribution >= 0.6 is 0 Å². The Bertz CT molecular complexity index is 152. The van der Waals surface area contributed by atoms with Crippen molar-refractivity contribution >= 4 is 6.21 Å². The molecule has 0 bridgehead atoms. The molecule has 0 atom stereocenters. The summed E-state index contributed by atoms with van der Waals surface area (Å²) in [5.41, 5.74) is 1.01. The standard InChI is InChI=1S/C8H14N/c1-5-7-8(3)9(4)6-2/h5-7H,3H2,1-2,4H3/q+1/b7-5-,9-6?. The largest absolute Gasteiger partial charge is 0.206 e. The van der Waals surface area contributed by atoms with Crippen molar-refractivity contribution in [2.75, 3.05) is 7.05 Å². The van der Waals surface area contributed by atoms with Crippen molar-refractivity contribution < 1.29 is 4.58 Å². The summed E-state index contributed by atoms with van der Waals surface area (Å²) in [5, 5.41) is 0. The molecule has 1 heteroatoms. The number of hydrogen-bond acceptors (Lipinski definition) is 0. The SMILES string of the molecule is C=C(/C=C\C)[N+](C)=CC. The van der Waals surface area contributed by atoms with E-state index in [1.54, 1.807) is 0 Å². The van der Waals surface area contributed by atoms with Gasteiger partial charge in [0.25, 0.3) is 0 Å². The average Bonchev–Trinajstić information content (AvgIpc) is 1.87. The molecule has 0 unspecified atom stereocenters. The van der Waals surface area contributed by atoms with E-state index in [2.05, 4.69) is 6.58 Å². The molecule has 9 heavy (non-hydrogen) atoms. The minimum absolute atomic E-state index is 1.01. The van der Waals surface area contributed by atoms with Crippen molar-refractivity contribution in [2.24, 2.45) is 0 Å². The summed E-state index contributed by atoms with van der Waals surface area (Å²) in [7, 11) is 1.97. The zero-order valence-electron chi connectivity index (χ0n) is 6.39. The van der Waals surface area contributed by atoms with Crippen LogP contribution in [0.15, 0.2) is 24.4 Å². The highest BCUT2D eigenvalue weighted by Gasteiger charge is 1.93. The van der Waals surface area contributed by atoms with Crippen LogP contribution in [0, 0.1) is 0 Å². The van der Waals surface area contributed by atoms with Gasteiger partial charge in [-0.15, -0.1) is 0 Å². The highest BCUT2D eigenvalue weighted by molar-refractivity contribution is 5.47. The molecule has 50 valence electrons. The van der Waals surface area contributed by atoms with Crippen LogP contribution < -0.4 is 0 Å². The van der Waals surface area contributed by atoms with Gasteiger partial charge in [0.2, 0.25) is 0 Å². The molecule has 0 aliphatic heterocycles. The maximum absolute atomic E-state index is 3.82. The van der Waals surface area contributed by atoms with Crippen LogP contribution in [0.4, 0.5) is 0 Å².